The standard InChI is InChI=1S/C23H25FN4O4/c24-17-5-7-18(8-6-17)27-9-11-28(12-10-27)20(21-4-2-14-32-21)16-26-23(30)22(29)25-15-19-3-1-13-31-19/h1-8,13-14,20H,9-12,15-16H2,(H,25,29)(H,26,30)/t20-/m0/s1. The first kappa shape index (κ1) is 21.6. The lowest BCUT2D eigenvalue weighted by Crippen LogP contribution is -2.50. The molecule has 0 aliphatic carbocycles. The van der Waals surface area contributed by atoms with Crippen molar-refractivity contribution >= 4 is 17.5 Å². The van der Waals surface area contributed by atoms with Gasteiger partial charge in [-0.2, -0.15) is 0 Å². The summed E-state index contributed by atoms with van der Waals surface area (Å²) >= 11 is 0. The second kappa shape index (κ2) is 10.1. The van der Waals surface area contributed by atoms with Gasteiger partial charge in [-0.05, 0) is 48.5 Å². The Kier molecular flexibility index (Phi) is 6.86. The average molecular weight is 440 g/mol. The van der Waals surface area contributed by atoms with Crippen LogP contribution in [0, 0.1) is 5.82 Å². The van der Waals surface area contributed by atoms with Gasteiger partial charge < -0.3 is 24.4 Å². The van der Waals surface area contributed by atoms with E-state index in [0.717, 1.165) is 37.6 Å². The van der Waals surface area contributed by atoms with Crippen LogP contribution in [0.2, 0.25) is 0 Å². The van der Waals surface area contributed by atoms with E-state index in [1.807, 2.05) is 6.07 Å². The fourth-order valence-corrected chi connectivity index (χ4v) is 3.76. The molecule has 1 aliphatic rings. The molecule has 168 valence electrons. The Morgan fingerprint density at radius 1 is 0.906 bits per heavy atom. The van der Waals surface area contributed by atoms with E-state index in [1.54, 1.807) is 36.6 Å². The molecule has 3 heterocycles. The quantitative estimate of drug-likeness (QED) is 0.548. The summed E-state index contributed by atoms with van der Waals surface area (Å²) in [6.07, 6.45) is 3.10. The summed E-state index contributed by atoms with van der Waals surface area (Å²) in [6.45, 7) is 3.33. The summed E-state index contributed by atoms with van der Waals surface area (Å²) in [7, 11) is 0. The molecule has 1 fully saturated rings. The minimum Gasteiger partial charge on any atom is -0.468 e. The van der Waals surface area contributed by atoms with Crippen LogP contribution in [0.1, 0.15) is 17.6 Å². The van der Waals surface area contributed by atoms with Crippen LogP contribution < -0.4 is 15.5 Å². The number of hydrogen-bond donors (Lipinski definition) is 2. The largest absolute Gasteiger partial charge is 0.468 e. The number of piperazine rings is 1. The number of benzene rings is 1. The van der Waals surface area contributed by atoms with Crippen molar-refractivity contribution in [2.45, 2.75) is 12.6 Å². The van der Waals surface area contributed by atoms with Gasteiger partial charge in [0.25, 0.3) is 0 Å². The normalized spacial score (nSPS) is 15.3. The topological polar surface area (TPSA) is 91.0 Å². The fraction of sp³-hybridized carbons (Fsp3) is 0.304. The highest BCUT2D eigenvalue weighted by molar-refractivity contribution is 6.35. The molecule has 0 unspecified atom stereocenters. The van der Waals surface area contributed by atoms with E-state index in [1.165, 1.54) is 18.4 Å². The van der Waals surface area contributed by atoms with Crippen molar-refractivity contribution < 1.29 is 22.8 Å². The maximum atomic E-state index is 13.2. The Balaban J connectivity index is 1.32. The Morgan fingerprint density at radius 2 is 1.59 bits per heavy atom. The molecule has 2 aromatic heterocycles. The molecule has 1 aromatic carbocycles. The molecule has 0 radical (unpaired) electrons. The molecule has 1 aliphatic heterocycles. The molecule has 0 spiro atoms. The van der Waals surface area contributed by atoms with Crippen molar-refractivity contribution in [3.63, 3.8) is 0 Å². The summed E-state index contributed by atoms with van der Waals surface area (Å²) in [5, 5.41) is 5.24. The summed E-state index contributed by atoms with van der Waals surface area (Å²) < 4.78 is 24.0. The molecule has 2 amide bonds. The van der Waals surface area contributed by atoms with Gasteiger partial charge >= 0.3 is 11.8 Å². The van der Waals surface area contributed by atoms with Gasteiger partial charge in [0.1, 0.15) is 17.3 Å². The van der Waals surface area contributed by atoms with Gasteiger partial charge in [0.2, 0.25) is 0 Å². The molecule has 3 aromatic rings. The fourth-order valence-electron chi connectivity index (χ4n) is 3.76. The summed E-state index contributed by atoms with van der Waals surface area (Å²) in [5.41, 5.74) is 0.974. The number of hydrogen-bond acceptors (Lipinski definition) is 6. The Morgan fingerprint density at radius 3 is 2.25 bits per heavy atom. The smallest absolute Gasteiger partial charge is 0.309 e. The summed E-state index contributed by atoms with van der Waals surface area (Å²) in [5.74, 6) is -0.400. The number of anilines is 1. The van der Waals surface area contributed by atoms with Gasteiger partial charge in [-0.3, -0.25) is 14.5 Å². The van der Waals surface area contributed by atoms with Gasteiger partial charge in [0.05, 0.1) is 25.1 Å². The zero-order valence-corrected chi connectivity index (χ0v) is 17.5. The lowest BCUT2D eigenvalue weighted by atomic mass is 10.1. The van der Waals surface area contributed by atoms with Crippen LogP contribution in [-0.4, -0.2) is 49.4 Å². The predicted molar refractivity (Wildman–Crippen MR) is 115 cm³/mol. The van der Waals surface area contributed by atoms with E-state index in [0.29, 0.717) is 5.76 Å². The molecule has 9 heteroatoms. The van der Waals surface area contributed by atoms with Crippen molar-refractivity contribution in [2.24, 2.45) is 0 Å². The molecule has 32 heavy (non-hydrogen) atoms. The monoisotopic (exact) mass is 440 g/mol. The van der Waals surface area contributed by atoms with Crippen molar-refractivity contribution in [3.05, 3.63) is 78.4 Å². The average Bonchev–Trinajstić information content (AvgIpc) is 3.53. The number of nitrogens with one attached hydrogen (secondary N) is 2. The first-order valence-corrected chi connectivity index (χ1v) is 10.5. The third-order valence-electron chi connectivity index (χ3n) is 5.48. The highest BCUT2D eigenvalue weighted by atomic mass is 19.1. The SMILES string of the molecule is O=C(NCc1ccco1)C(=O)NC[C@@H](c1ccco1)N1CCN(c2ccc(F)cc2)CC1. The summed E-state index contributed by atoms with van der Waals surface area (Å²) in [6, 6.07) is 13.4. The van der Waals surface area contributed by atoms with E-state index in [9.17, 15) is 14.0 Å². The van der Waals surface area contributed by atoms with Gasteiger partial charge in [0.15, 0.2) is 0 Å². The first-order valence-electron chi connectivity index (χ1n) is 10.5. The van der Waals surface area contributed by atoms with Crippen molar-refractivity contribution in [1.82, 2.24) is 15.5 Å². The van der Waals surface area contributed by atoms with Gasteiger partial charge in [0, 0.05) is 38.4 Å². The second-order valence-electron chi connectivity index (χ2n) is 7.50. The van der Waals surface area contributed by atoms with Crippen LogP contribution in [0.25, 0.3) is 0 Å². The molecule has 0 saturated carbocycles. The number of rotatable bonds is 7. The highest BCUT2D eigenvalue weighted by Gasteiger charge is 2.28. The minimum absolute atomic E-state index is 0.145. The molecule has 0 bridgehead atoms. The zero-order chi connectivity index (χ0) is 22.3. The molecule has 4 rings (SSSR count). The van der Waals surface area contributed by atoms with Crippen LogP contribution in [0.3, 0.4) is 0 Å². The Labute approximate surface area is 185 Å². The number of furan rings is 2. The third kappa shape index (κ3) is 5.36. The lowest BCUT2D eigenvalue weighted by Gasteiger charge is -2.39. The number of carbonyl (C=O) groups excluding carboxylic acids is 2. The van der Waals surface area contributed by atoms with E-state index in [-0.39, 0.29) is 24.9 Å². The first-order chi connectivity index (χ1) is 15.6. The number of nitrogens with zero attached hydrogens (tertiary/aromatic N) is 2. The van der Waals surface area contributed by atoms with E-state index < -0.39 is 11.8 Å². The zero-order valence-electron chi connectivity index (χ0n) is 17.5. The van der Waals surface area contributed by atoms with Crippen LogP contribution in [-0.2, 0) is 16.1 Å². The van der Waals surface area contributed by atoms with Crippen molar-refractivity contribution in [2.75, 3.05) is 37.6 Å². The Hall–Kier alpha value is -3.59. The molecule has 1 atom stereocenters. The number of halogens is 1. The van der Waals surface area contributed by atoms with Crippen LogP contribution in [0.4, 0.5) is 10.1 Å². The predicted octanol–water partition coefficient (Wildman–Crippen LogP) is 2.31. The van der Waals surface area contributed by atoms with E-state index in [2.05, 4.69) is 20.4 Å². The molecule has 1 saturated heterocycles. The van der Waals surface area contributed by atoms with E-state index >= 15 is 0 Å². The second-order valence-corrected chi connectivity index (χ2v) is 7.50. The van der Waals surface area contributed by atoms with E-state index in [4.69, 9.17) is 8.83 Å². The van der Waals surface area contributed by atoms with Crippen molar-refractivity contribution in [3.8, 4) is 0 Å². The van der Waals surface area contributed by atoms with Crippen LogP contribution >= 0.6 is 0 Å². The molecular formula is C23H25FN4O4. The van der Waals surface area contributed by atoms with Gasteiger partial charge in [-0.25, -0.2) is 4.39 Å². The highest BCUT2D eigenvalue weighted by Crippen LogP contribution is 2.24. The number of carbonyl (C=O) groups is 2. The van der Waals surface area contributed by atoms with Crippen LogP contribution in [0.15, 0.2) is 69.9 Å². The maximum Gasteiger partial charge on any atom is 0.309 e. The lowest BCUT2D eigenvalue weighted by molar-refractivity contribution is -0.139. The summed E-state index contributed by atoms with van der Waals surface area (Å²) in [4.78, 5) is 28.8. The molecular weight excluding hydrogens is 415 g/mol. The third-order valence-corrected chi connectivity index (χ3v) is 5.48. The Bertz CT molecular complexity index is 997. The minimum atomic E-state index is -0.722. The van der Waals surface area contributed by atoms with Gasteiger partial charge in [-0.15, -0.1) is 0 Å². The molecule has 2 N–H and O–H groups in total. The maximum absolute atomic E-state index is 13.2. The molecule has 8 nitrogen and oxygen atoms in total. The van der Waals surface area contributed by atoms with Gasteiger partial charge in [-0.1, -0.05) is 0 Å². The van der Waals surface area contributed by atoms with Crippen molar-refractivity contribution in [1.29, 1.82) is 0 Å². The number of amides is 2. The van der Waals surface area contributed by atoms with Crippen LogP contribution in [0.5, 0.6) is 0 Å².